The summed E-state index contributed by atoms with van der Waals surface area (Å²) in [5, 5.41) is 9.96. The molecule has 0 aliphatic carbocycles. The summed E-state index contributed by atoms with van der Waals surface area (Å²) in [6, 6.07) is 1.42. The molecular formula is C18H27N5O3. The van der Waals surface area contributed by atoms with Gasteiger partial charge in [0.2, 0.25) is 5.89 Å². The van der Waals surface area contributed by atoms with Gasteiger partial charge in [0, 0.05) is 45.1 Å². The van der Waals surface area contributed by atoms with Crippen LogP contribution in [0.25, 0.3) is 0 Å². The Bertz CT molecular complexity index is 718. The first kappa shape index (κ1) is 18.4. The molecule has 1 aliphatic rings. The van der Waals surface area contributed by atoms with Crippen LogP contribution in [0.2, 0.25) is 0 Å². The Balaban J connectivity index is 1.66. The zero-order valence-corrected chi connectivity index (χ0v) is 15.6. The van der Waals surface area contributed by atoms with Gasteiger partial charge in [-0.3, -0.25) is 0 Å². The third-order valence-electron chi connectivity index (χ3n) is 4.61. The minimum atomic E-state index is -0.310. The summed E-state index contributed by atoms with van der Waals surface area (Å²) in [5.74, 6) is 1.51. The largest absolute Gasteiger partial charge is 0.381 e. The number of hydrogen-bond acceptors (Lipinski definition) is 5. The highest BCUT2D eigenvalue weighted by molar-refractivity contribution is 5.74. The van der Waals surface area contributed by atoms with Gasteiger partial charge < -0.3 is 24.5 Å². The van der Waals surface area contributed by atoms with Crippen molar-refractivity contribution in [1.29, 1.82) is 0 Å². The normalized spacial score (nSPS) is 16.6. The molecule has 1 unspecified atom stereocenters. The van der Waals surface area contributed by atoms with Gasteiger partial charge in [0.25, 0.3) is 0 Å². The van der Waals surface area contributed by atoms with Gasteiger partial charge in [0.05, 0.1) is 0 Å². The number of carbonyl (C=O) groups is 1. The molecule has 8 heteroatoms. The first-order valence-electron chi connectivity index (χ1n) is 9.09. The molecule has 1 saturated heterocycles. The molecule has 0 radical (unpaired) electrons. The smallest absolute Gasteiger partial charge is 0.315 e. The van der Waals surface area contributed by atoms with E-state index in [1.54, 1.807) is 0 Å². The Hall–Kier alpha value is -2.35. The Labute approximate surface area is 153 Å². The van der Waals surface area contributed by atoms with Crippen molar-refractivity contribution in [2.75, 3.05) is 13.2 Å². The van der Waals surface area contributed by atoms with E-state index in [-0.39, 0.29) is 23.9 Å². The average molecular weight is 361 g/mol. The lowest BCUT2D eigenvalue weighted by Crippen LogP contribution is -2.41. The van der Waals surface area contributed by atoms with E-state index in [1.165, 1.54) is 0 Å². The van der Waals surface area contributed by atoms with Crippen LogP contribution in [0.15, 0.2) is 23.0 Å². The molecular weight excluding hydrogens is 334 g/mol. The third kappa shape index (κ3) is 4.63. The molecule has 0 spiro atoms. The molecule has 3 rings (SSSR count). The van der Waals surface area contributed by atoms with Crippen molar-refractivity contribution < 1.29 is 14.1 Å². The number of rotatable bonds is 6. The van der Waals surface area contributed by atoms with E-state index in [0.29, 0.717) is 31.5 Å². The Morgan fingerprint density at radius 3 is 2.77 bits per heavy atom. The fourth-order valence-corrected chi connectivity index (χ4v) is 3.08. The number of ether oxygens (including phenoxy) is 1. The van der Waals surface area contributed by atoms with Gasteiger partial charge in [-0.15, -0.1) is 0 Å². The van der Waals surface area contributed by atoms with Crippen LogP contribution in [-0.4, -0.2) is 34.0 Å². The molecule has 1 aliphatic heterocycles. The number of aromatic nitrogens is 3. The van der Waals surface area contributed by atoms with E-state index >= 15 is 0 Å². The molecule has 0 saturated carbocycles. The number of nitrogens with one attached hydrogen (secondary N) is 2. The second-order valence-electron chi connectivity index (χ2n) is 7.09. The third-order valence-corrected chi connectivity index (χ3v) is 4.61. The van der Waals surface area contributed by atoms with Gasteiger partial charge in [-0.05, 0) is 30.4 Å². The van der Waals surface area contributed by atoms with Crippen LogP contribution >= 0.6 is 0 Å². The van der Waals surface area contributed by atoms with Crippen molar-refractivity contribution in [2.45, 2.75) is 45.2 Å². The number of urea groups is 1. The van der Waals surface area contributed by atoms with Gasteiger partial charge in [-0.1, -0.05) is 19.0 Å². The van der Waals surface area contributed by atoms with Gasteiger partial charge in [-0.25, -0.2) is 4.79 Å². The Morgan fingerprint density at radius 2 is 2.15 bits per heavy atom. The summed E-state index contributed by atoms with van der Waals surface area (Å²) in [5.41, 5.74) is 1.05. The molecule has 2 amide bonds. The standard InChI is InChI=1S/C18H27N5O3/c1-12(2)16-21-17(26-22-16)15(14-5-8-25-9-6-14)20-18(24)19-10-13-4-7-23(3)11-13/h4,7,11-12,14-15H,5-6,8-10H2,1-3H3,(H2,19,20,24). The number of aryl methyl sites for hydroxylation is 1. The molecule has 0 aromatic carbocycles. The quantitative estimate of drug-likeness (QED) is 0.824. The molecule has 26 heavy (non-hydrogen) atoms. The lowest BCUT2D eigenvalue weighted by Gasteiger charge is -2.28. The van der Waals surface area contributed by atoms with Crippen LogP contribution in [0.5, 0.6) is 0 Å². The predicted octanol–water partition coefficient (Wildman–Crippen LogP) is 2.50. The van der Waals surface area contributed by atoms with Crippen LogP contribution in [0.3, 0.4) is 0 Å². The van der Waals surface area contributed by atoms with E-state index in [0.717, 1.165) is 18.4 Å². The minimum absolute atomic E-state index is 0.176. The summed E-state index contributed by atoms with van der Waals surface area (Å²) >= 11 is 0. The SMILES string of the molecule is CC(C)c1noc(C(NC(=O)NCc2ccn(C)c2)C2CCOCC2)n1. The predicted molar refractivity (Wildman–Crippen MR) is 95.5 cm³/mol. The summed E-state index contributed by atoms with van der Waals surface area (Å²) in [6.45, 7) is 5.85. The van der Waals surface area contributed by atoms with Crippen LogP contribution in [0.1, 0.15) is 55.9 Å². The monoisotopic (exact) mass is 361 g/mol. The molecule has 3 heterocycles. The number of amides is 2. The highest BCUT2D eigenvalue weighted by atomic mass is 16.5. The zero-order chi connectivity index (χ0) is 18.5. The molecule has 2 aromatic heterocycles. The fraction of sp³-hybridized carbons (Fsp3) is 0.611. The summed E-state index contributed by atoms with van der Waals surface area (Å²) in [4.78, 5) is 16.9. The van der Waals surface area contributed by atoms with Gasteiger partial charge in [0.15, 0.2) is 5.82 Å². The molecule has 8 nitrogen and oxygen atoms in total. The molecule has 2 N–H and O–H groups in total. The van der Waals surface area contributed by atoms with E-state index < -0.39 is 0 Å². The lowest BCUT2D eigenvalue weighted by molar-refractivity contribution is 0.0503. The molecule has 1 atom stereocenters. The molecule has 1 fully saturated rings. The van der Waals surface area contributed by atoms with Crippen LogP contribution in [-0.2, 0) is 18.3 Å². The fourth-order valence-electron chi connectivity index (χ4n) is 3.08. The summed E-state index contributed by atoms with van der Waals surface area (Å²) in [6.07, 6.45) is 5.63. The number of hydrogen-bond donors (Lipinski definition) is 2. The lowest BCUT2D eigenvalue weighted by atomic mass is 9.91. The molecule has 142 valence electrons. The number of nitrogens with zero attached hydrogens (tertiary/aromatic N) is 3. The maximum absolute atomic E-state index is 12.4. The first-order chi connectivity index (χ1) is 12.5. The van der Waals surface area contributed by atoms with Crippen molar-refractivity contribution in [3.63, 3.8) is 0 Å². The van der Waals surface area contributed by atoms with Gasteiger partial charge in [-0.2, -0.15) is 4.98 Å². The van der Waals surface area contributed by atoms with E-state index in [9.17, 15) is 4.79 Å². The van der Waals surface area contributed by atoms with Gasteiger partial charge in [0.1, 0.15) is 6.04 Å². The van der Waals surface area contributed by atoms with E-state index in [4.69, 9.17) is 9.26 Å². The maximum Gasteiger partial charge on any atom is 0.315 e. The van der Waals surface area contributed by atoms with Crippen molar-refractivity contribution in [1.82, 2.24) is 25.3 Å². The average Bonchev–Trinajstić information content (AvgIpc) is 3.28. The minimum Gasteiger partial charge on any atom is -0.381 e. The van der Waals surface area contributed by atoms with Crippen molar-refractivity contribution in [3.05, 3.63) is 35.7 Å². The van der Waals surface area contributed by atoms with Crippen LogP contribution in [0.4, 0.5) is 4.79 Å². The number of carbonyl (C=O) groups excluding carboxylic acids is 1. The van der Waals surface area contributed by atoms with Crippen molar-refractivity contribution in [3.8, 4) is 0 Å². The van der Waals surface area contributed by atoms with E-state index in [1.807, 2.05) is 43.9 Å². The molecule has 0 bridgehead atoms. The summed E-state index contributed by atoms with van der Waals surface area (Å²) in [7, 11) is 1.95. The van der Waals surface area contributed by atoms with Crippen LogP contribution < -0.4 is 10.6 Å². The van der Waals surface area contributed by atoms with E-state index in [2.05, 4.69) is 20.8 Å². The second kappa shape index (κ2) is 8.35. The Morgan fingerprint density at radius 1 is 1.38 bits per heavy atom. The van der Waals surface area contributed by atoms with Crippen LogP contribution in [0, 0.1) is 5.92 Å². The second-order valence-corrected chi connectivity index (χ2v) is 7.09. The maximum atomic E-state index is 12.4. The highest BCUT2D eigenvalue weighted by Crippen LogP contribution is 2.29. The highest BCUT2D eigenvalue weighted by Gasteiger charge is 2.31. The first-order valence-corrected chi connectivity index (χ1v) is 9.09. The van der Waals surface area contributed by atoms with Crippen molar-refractivity contribution in [2.24, 2.45) is 13.0 Å². The molecule has 2 aromatic rings. The van der Waals surface area contributed by atoms with Gasteiger partial charge >= 0.3 is 6.03 Å². The Kier molecular flexibility index (Phi) is 5.92. The summed E-state index contributed by atoms with van der Waals surface area (Å²) < 4.78 is 12.9. The zero-order valence-electron chi connectivity index (χ0n) is 15.6. The van der Waals surface area contributed by atoms with Crippen molar-refractivity contribution >= 4 is 6.03 Å². The topological polar surface area (TPSA) is 94.2 Å².